The number of ketones is 2. The van der Waals surface area contributed by atoms with Crippen LogP contribution in [0.5, 0.6) is 0 Å². The lowest BCUT2D eigenvalue weighted by Crippen LogP contribution is -2.19. The SMILES string of the molecule is CCOC1=CC(=C2C=C(OCC)c3ccccc3C2=O)C(=O)c2ccccc21. The summed E-state index contributed by atoms with van der Waals surface area (Å²) in [4.78, 5) is 26.4. The minimum absolute atomic E-state index is 0.186. The van der Waals surface area contributed by atoms with Crippen molar-refractivity contribution in [2.45, 2.75) is 13.8 Å². The number of rotatable bonds is 4. The first-order valence-corrected chi connectivity index (χ1v) is 9.37. The van der Waals surface area contributed by atoms with Crippen LogP contribution in [0, 0.1) is 0 Å². The van der Waals surface area contributed by atoms with E-state index in [0.717, 1.165) is 11.1 Å². The van der Waals surface area contributed by atoms with E-state index in [-0.39, 0.29) is 11.6 Å². The van der Waals surface area contributed by atoms with Gasteiger partial charge in [-0.2, -0.15) is 0 Å². The lowest BCUT2D eigenvalue weighted by atomic mass is 9.83. The number of allylic oxidation sites excluding steroid dienone is 4. The van der Waals surface area contributed by atoms with Crippen molar-refractivity contribution in [2.75, 3.05) is 13.2 Å². The summed E-state index contributed by atoms with van der Waals surface area (Å²) >= 11 is 0. The van der Waals surface area contributed by atoms with Gasteiger partial charge < -0.3 is 9.47 Å². The van der Waals surface area contributed by atoms with Gasteiger partial charge >= 0.3 is 0 Å². The van der Waals surface area contributed by atoms with E-state index in [1.54, 1.807) is 24.3 Å². The van der Waals surface area contributed by atoms with E-state index in [2.05, 4.69) is 0 Å². The summed E-state index contributed by atoms with van der Waals surface area (Å²) in [6, 6.07) is 14.6. The van der Waals surface area contributed by atoms with E-state index in [1.807, 2.05) is 50.2 Å². The Balaban J connectivity index is 1.95. The first-order valence-electron chi connectivity index (χ1n) is 9.37. The number of ether oxygens (including phenoxy) is 2. The number of carbonyl (C=O) groups is 2. The van der Waals surface area contributed by atoms with Crippen LogP contribution in [0.1, 0.15) is 45.7 Å². The number of hydrogen-bond donors (Lipinski definition) is 0. The van der Waals surface area contributed by atoms with Crippen molar-refractivity contribution in [2.24, 2.45) is 0 Å². The second-order valence-corrected chi connectivity index (χ2v) is 6.46. The van der Waals surface area contributed by atoms with Gasteiger partial charge in [-0.05, 0) is 26.0 Å². The highest BCUT2D eigenvalue weighted by Crippen LogP contribution is 2.36. The number of benzene rings is 2. The Morgan fingerprint density at radius 1 is 0.607 bits per heavy atom. The number of fused-ring (bicyclic) bond motifs is 2. The Labute approximate surface area is 163 Å². The van der Waals surface area contributed by atoms with Crippen LogP contribution in [-0.4, -0.2) is 24.8 Å². The molecule has 0 fully saturated rings. The van der Waals surface area contributed by atoms with E-state index >= 15 is 0 Å². The molecule has 0 spiro atoms. The summed E-state index contributed by atoms with van der Waals surface area (Å²) in [6.45, 7) is 4.71. The van der Waals surface area contributed by atoms with Gasteiger partial charge in [0, 0.05) is 33.4 Å². The van der Waals surface area contributed by atoms with Crippen molar-refractivity contribution in [3.05, 3.63) is 94.1 Å². The quantitative estimate of drug-likeness (QED) is 0.721. The van der Waals surface area contributed by atoms with Gasteiger partial charge in [-0.1, -0.05) is 48.5 Å². The standard InChI is InChI=1S/C24H20O4/c1-3-27-21-13-19(23(25)17-11-7-5-9-15(17)21)20-14-22(28-4-2)16-10-6-8-12-18(16)24(20)26/h5-14H,3-4H2,1-2H3. The molecule has 0 unspecified atom stereocenters. The van der Waals surface area contributed by atoms with Gasteiger partial charge in [-0.3, -0.25) is 9.59 Å². The van der Waals surface area contributed by atoms with Crippen molar-refractivity contribution >= 4 is 23.1 Å². The van der Waals surface area contributed by atoms with Gasteiger partial charge in [-0.15, -0.1) is 0 Å². The third-order valence-corrected chi connectivity index (χ3v) is 4.80. The molecule has 0 saturated carbocycles. The topological polar surface area (TPSA) is 52.6 Å². The summed E-state index contributed by atoms with van der Waals surface area (Å²) in [5, 5.41) is 0. The van der Waals surface area contributed by atoms with Crippen LogP contribution in [-0.2, 0) is 9.47 Å². The molecule has 4 nitrogen and oxygen atoms in total. The fourth-order valence-electron chi connectivity index (χ4n) is 3.58. The highest BCUT2D eigenvalue weighted by Gasteiger charge is 2.31. The molecule has 0 amide bonds. The van der Waals surface area contributed by atoms with Gasteiger partial charge in [0.1, 0.15) is 11.5 Å². The van der Waals surface area contributed by atoms with Gasteiger partial charge in [0.2, 0.25) is 0 Å². The van der Waals surface area contributed by atoms with E-state index in [4.69, 9.17) is 9.47 Å². The second-order valence-electron chi connectivity index (χ2n) is 6.46. The zero-order valence-electron chi connectivity index (χ0n) is 15.8. The average molecular weight is 372 g/mol. The molecule has 28 heavy (non-hydrogen) atoms. The van der Waals surface area contributed by atoms with E-state index in [9.17, 15) is 9.59 Å². The van der Waals surface area contributed by atoms with Gasteiger partial charge in [-0.25, -0.2) is 0 Å². The predicted molar refractivity (Wildman–Crippen MR) is 108 cm³/mol. The lowest BCUT2D eigenvalue weighted by molar-refractivity contribution is 0.100. The fourth-order valence-corrected chi connectivity index (χ4v) is 3.58. The van der Waals surface area contributed by atoms with Crippen molar-refractivity contribution in [3.8, 4) is 0 Å². The Bertz CT molecular complexity index is 984. The third kappa shape index (κ3) is 2.87. The summed E-state index contributed by atoms with van der Waals surface area (Å²) in [7, 11) is 0. The Hall–Kier alpha value is -3.40. The zero-order chi connectivity index (χ0) is 19.7. The van der Waals surface area contributed by atoms with Crippen LogP contribution in [0.4, 0.5) is 0 Å². The molecule has 0 bridgehead atoms. The van der Waals surface area contributed by atoms with Gasteiger partial charge in [0.15, 0.2) is 11.6 Å². The van der Waals surface area contributed by atoms with E-state index < -0.39 is 0 Å². The molecule has 0 aromatic heterocycles. The molecule has 0 radical (unpaired) electrons. The highest BCUT2D eigenvalue weighted by atomic mass is 16.5. The van der Waals surface area contributed by atoms with Crippen LogP contribution in [0.3, 0.4) is 0 Å². The van der Waals surface area contributed by atoms with Crippen molar-refractivity contribution in [3.63, 3.8) is 0 Å². The summed E-state index contributed by atoms with van der Waals surface area (Å²) in [5.41, 5.74) is 3.23. The second kappa shape index (κ2) is 7.31. The van der Waals surface area contributed by atoms with Gasteiger partial charge in [0.25, 0.3) is 0 Å². The highest BCUT2D eigenvalue weighted by molar-refractivity contribution is 6.25. The maximum absolute atomic E-state index is 13.2. The maximum Gasteiger partial charge on any atom is 0.194 e. The first kappa shape index (κ1) is 18.0. The van der Waals surface area contributed by atoms with E-state index in [1.165, 1.54) is 0 Å². The largest absolute Gasteiger partial charge is 0.493 e. The summed E-state index contributed by atoms with van der Waals surface area (Å²) < 4.78 is 11.5. The van der Waals surface area contributed by atoms with Crippen molar-refractivity contribution < 1.29 is 19.1 Å². The molecule has 2 aliphatic rings. The molecular weight excluding hydrogens is 352 g/mol. The molecule has 0 N–H and O–H groups in total. The molecule has 2 aromatic rings. The molecule has 0 aliphatic heterocycles. The molecular formula is C24H20O4. The number of carbonyl (C=O) groups excluding carboxylic acids is 2. The Morgan fingerprint density at radius 2 is 0.964 bits per heavy atom. The minimum atomic E-state index is -0.186. The third-order valence-electron chi connectivity index (χ3n) is 4.80. The summed E-state index contributed by atoms with van der Waals surface area (Å²) in [5.74, 6) is 0.819. The number of Topliss-reactive ketones (excluding diaryl/α,β-unsaturated/α-hetero) is 2. The Morgan fingerprint density at radius 3 is 1.32 bits per heavy atom. The van der Waals surface area contributed by atoms with Gasteiger partial charge in [0.05, 0.1) is 13.2 Å². The minimum Gasteiger partial charge on any atom is -0.493 e. The normalized spacial score (nSPS) is 18.1. The van der Waals surface area contributed by atoms with Crippen LogP contribution in [0.2, 0.25) is 0 Å². The first-order chi connectivity index (χ1) is 13.7. The van der Waals surface area contributed by atoms with Crippen molar-refractivity contribution in [1.82, 2.24) is 0 Å². The maximum atomic E-state index is 13.2. The van der Waals surface area contributed by atoms with Crippen LogP contribution < -0.4 is 0 Å². The monoisotopic (exact) mass is 372 g/mol. The summed E-state index contributed by atoms with van der Waals surface area (Å²) in [6.07, 6.45) is 3.35. The lowest BCUT2D eigenvalue weighted by Gasteiger charge is -2.23. The molecule has 2 aromatic carbocycles. The molecule has 140 valence electrons. The number of hydrogen-bond acceptors (Lipinski definition) is 4. The van der Waals surface area contributed by atoms with Crippen LogP contribution in [0.15, 0.2) is 71.8 Å². The average Bonchev–Trinajstić information content (AvgIpc) is 2.73. The molecule has 0 atom stereocenters. The molecule has 4 heteroatoms. The zero-order valence-corrected chi connectivity index (χ0v) is 15.8. The molecule has 0 heterocycles. The van der Waals surface area contributed by atoms with Crippen LogP contribution in [0.25, 0.3) is 11.5 Å². The molecule has 0 saturated heterocycles. The molecule has 4 rings (SSSR count). The fraction of sp³-hybridized carbons (Fsp3) is 0.167. The predicted octanol–water partition coefficient (Wildman–Crippen LogP) is 4.83. The smallest absolute Gasteiger partial charge is 0.194 e. The van der Waals surface area contributed by atoms with Crippen molar-refractivity contribution in [1.29, 1.82) is 0 Å². The Kier molecular flexibility index (Phi) is 4.70. The van der Waals surface area contributed by atoms with E-state index in [0.29, 0.717) is 47.0 Å². The molecule has 2 aliphatic carbocycles. The van der Waals surface area contributed by atoms with Crippen LogP contribution >= 0.6 is 0 Å².